The number of nitrogens with one attached hydrogen (secondary N) is 1. The van der Waals surface area contributed by atoms with Gasteiger partial charge in [0, 0.05) is 4.47 Å². The molecule has 0 fully saturated rings. The van der Waals surface area contributed by atoms with Crippen LogP contribution in [0, 0.1) is 11.3 Å². The van der Waals surface area contributed by atoms with Crippen molar-refractivity contribution in [3.63, 3.8) is 0 Å². The molecule has 5 nitrogen and oxygen atoms in total. The first kappa shape index (κ1) is 13.5. The zero-order valence-electron chi connectivity index (χ0n) is 9.24. The van der Waals surface area contributed by atoms with Gasteiger partial charge in [0.25, 0.3) is 5.91 Å². The summed E-state index contributed by atoms with van der Waals surface area (Å²) in [6, 6.07) is 7.01. The number of halogens is 1. The molecule has 0 aliphatic heterocycles. The van der Waals surface area contributed by atoms with E-state index in [0.717, 1.165) is 4.47 Å². The molecular formula is C11H12BrN3O2. The van der Waals surface area contributed by atoms with Gasteiger partial charge >= 0.3 is 0 Å². The molecule has 0 aliphatic carbocycles. The Balaban J connectivity index is 2.94. The molecule has 0 heterocycles. The van der Waals surface area contributed by atoms with Gasteiger partial charge in [-0.3, -0.25) is 10.2 Å². The molecule has 1 aromatic carbocycles. The summed E-state index contributed by atoms with van der Waals surface area (Å²) in [5.41, 5.74) is 2.39. The van der Waals surface area contributed by atoms with Crippen molar-refractivity contribution in [2.45, 2.75) is 19.4 Å². The van der Waals surface area contributed by atoms with E-state index in [1.807, 2.05) is 11.5 Å². The number of nitrogens with two attached hydrogens (primary N) is 1. The van der Waals surface area contributed by atoms with Crippen molar-refractivity contribution in [2.24, 2.45) is 5.84 Å². The van der Waals surface area contributed by atoms with Crippen LogP contribution in [0.5, 0.6) is 5.75 Å². The predicted molar refractivity (Wildman–Crippen MR) is 65.9 cm³/mol. The molecular weight excluding hydrogens is 286 g/mol. The number of hydrogen-bond acceptors (Lipinski definition) is 4. The summed E-state index contributed by atoms with van der Waals surface area (Å²) in [7, 11) is 0. The average molecular weight is 298 g/mol. The van der Waals surface area contributed by atoms with Crippen LogP contribution in [-0.2, 0) is 4.79 Å². The minimum atomic E-state index is -0.701. The van der Waals surface area contributed by atoms with Gasteiger partial charge in [-0.25, -0.2) is 5.84 Å². The van der Waals surface area contributed by atoms with Crippen LogP contribution in [0.1, 0.15) is 18.9 Å². The van der Waals surface area contributed by atoms with Gasteiger partial charge in [0.1, 0.15) is 11.8 Å². The lowest BCUT2D eigenvalue weighted by Crippen LogP contribution is -2.41. The first-order valence-electron chi connectivity index (χ1n) is 4.99. The van der Waals surface area contributed by atoms with Gasteiger partial charge in [-0.1, -0.05) is 22.9 Å². The fourth-order valence-corrected chi connectivity index (χ4v) is 1.62. The van der Waals surface area contributed by atoms with E-state index in [0.29, 0.717) is 17.7 Å². The second-order valence-electron chi connectivity index (χ2n) is 3.28. The topological polar surface area (TPSA) is 88.1 Å². The Labute approximate surface area is 108 Å². The summed E-state index contributed by atoms with van der Waals surface area (Å²) in [4.78, 5) is 11.4. The van der Waals surface area contributed by atoms with E-state index in [9.17, 15) is 4.79 Å². The number of hydrazine groups is 1. The van der Waals surface area contributed by atoms with Gasteiger partial charge in [-0.2, -0.15) is 5.26 Å². The molecule has 0 saturated carbocycles. The summed E-state index contributed by atoms with van der Waals surface area (Å²) in [6.07, 6.45) is -0.238. The summed E-state index contributed by atoms with van der Waals surface area (Å²) >= 11 is 3.26. The molecule has 0 bridgehead atoms. The third-order valence-corrected chi connectivity index (χ3v) is 2.63. The van der Waals surface area contributed by atoms with E-state index in [-0.39, 0.29) is 0 Å². The minimum absolute atomic E-state index is 0.364. The molecule has 3 N–H and O–H groups in total. The first-order chi connectivity index (χ1) is 8.12. The Morgan fingerprint density at radius 2 is 2.41 bits per heavy atom. The lowest BCUT2D eigenvalue weighted by Gasteiger charge is -2.16. The number of ether oxygens (including phenoxy) is 1. The van der Waals surface area contributed by atoms with E-state index >= 15 is 0 Å². The van der Waals surface area contributed by atoms with Gasteiger partial charge in [-0.05, 0) is 24.6 Å². The smallest absolute Gasteiger partial charge is 0.274 e. The second kappa shape index (κ2) is 6.23. The molecule has 1 amide bonds. The predicted octanol–water partition coefficient (Wildman–Crippen LogP) is 1.47. The van der Waals surface area contributed by atoms with E-state index in [1.165, 1.54) is 0 Å². The maximum Gasteiger partial charge on any atom is 0.274 e. The molecule has 0 saturated heterocycles. The second-order valence-corrected chi connectivity index (χ2v) is 4.19. The number of rotatable bonds is 4. The van der Waals surface area contributed by atoms with E-state index in [4.69, 9.17) is 15.8 Å². The number of carbonyl (C=O) groups is 1. The summed E-state index contributed by atoms with van der Waals surface area (Å²) < 4.78 is 6.23. The van der Waals surface area contributed by atoms with Crippen molar-refractivity contribution in [3.05, 3.63) is 28.2 Å². The zero-order valence-corrected chi connectivity index (χ0v) is 10.8. The molecule has 1 rings (SSSR count). The van der Waals surface area contributed by atoms with Gasteiger partial charge in [0.05, 0.1) is 5.56 Å². The highest BCUT2D eigenvalue weighted by Crippen LogP contribution is 2.23. The maximum atomic E-state index is 11.4. The van der Waals surface area contributed by atoms with Gasteiger partial charge in [0.15, 0.2) is 6.10 Å². The van der Waals surface area contributed by atoms with Gasteiger partial charge in [-0.15, -0.1) is 0 Å². The standard InChI is InChI=1S/C11H12BrN3O2/c1-2-9(11(16)15-14)17-10-4-3-8(12)5-7(10)6-13/h3-5,9H,2,14H2,1H3,(H,15,16). The van der Waals surface area contributed by atoms with Gasteiger partial charge in [0.2, 0.25) is 0 Å². The maximum absolute atomic E-state index is 11.4. The van der Waals surface area contributed by atoms with E-state index < -0.39 is 12.0 Å². The number of hydrogen-bond donors (Lipinski definition) is 2. The third kappa shape index (κ3) is 3.44. The van der Waals surface area contributed by atoms with Crippen molar-refractivity contribution < 1.29 is 9.53 Å². The number of benzene rings is 1. The van der Waals surface area contributed by atoms with Crippen molar-refractivity contribution in [3.8, 4) is 11.8 Å². The largest absolute Gasteiger partial charge is 0.479 e. The van der Waals surface area contributed by atoms with Crippen LogP contribution >= 0.6 is 15.9 Å². The molecule has 90 valence electrons. The Morgan fingerprint density at radius 1 is 1.71 bits per heavy atom. The fraction of sp³-hybridized carbons (Fsp3) is 0.273. The summed E-state index contributed by atoms with van der Waals surface area (Å²) in [5.74, 6) is 4.99. The number of amides is 1. The van der Waals surface area contributed by atoms with Crippen molar-refractivity contribution in [1.82, 2.24) is 5.43 Å². The lowest BCUT2D eigenvalue weighted by molar-refractivity contribution is -0.128. The van der Waals surface area contributed by atoms with Crippen LogP contribution < -0.4 is 16.0 Å². The van der Waals surface area contributed by atoms with Crippen LogP contribution in [0.3, 0.4) is 0 Å². The normalized spacial score (nSPS) is 11.4. The van der Waals surface area contributed by atoms with Crippen molar-refractivity contribution >= 4 is 21.8 Å². The van der Waals surface area contributed by atoms with E-state index in [1.54, 1.807) is 25.1 Å². The average Bonchev–Trinajstić information content (AvgIpc) is 2.36. The quantitative estimate of drug-likeness (QED) is 0.500. The molecule has 1 atom stereocenters. The Hall–Kier alpha value is -1.58. The Bertz CT molecular complexity index is 457. The number of nitriles is 1. The summed E-state index contributed by atoms with van der Waals surface area (Å²) in [6.45, 7) is 1.80. The molecule has 1 unspecified atom stereocenters. The van der Waals surface area contributed by atoms with Crippen LogP contribution in [0.25, 0.3) is 0 Å². The molecule has 1 aromatic rings. The summed E-state index contributed by atoms with van der Waals surface area (Å²) in [5, 5.41) is 8.95. The van der Waals surface area contributed by atoms with Gasteiger partial charge < -0.3 is 4.74 Å². The van der Waals surface area contributed by atoms with Crippen molar-refractivity contribution in [2.75, 3.05) is 0 Å². The number of nitrogens with zero attached hydrogens (tertiary/aromatic N) is 1. The molecule has 0 radical (unpaired) electrons. The van der Waals surface area contributed by atoms with E-state index in [2.05, 4.69) is 15.9 Å². The monoisotopic (exact) mass is 297 g/mol. The highest BCUT2D eigenvalue weighted by atomic mass is 79.9. The Morgan fingerprint density at radius 3 is 2.94 bits per heavy atom. The number of carbonyl (C=O) groups excluding carboxylic acids is 1. The zero-order chi connectivity index (χ0) is 12.8. The van der Waals surface area contributed by atoms with Crippen LogP contribution in [0.4, 0.5) is 0 Å². The highest BCUT2D eigenvalue weighted by molar-refractivity contribution is 9.10. The molecule has 0 aromatic heterocycles. The van der Waals surface area contributed by atoms with Crippen LogP contribution in [0.2, 0.25) is 0 Å². The molecule has 6 heteroatoms. The first-order valence-corrected chi connectivity index (χ1v) is 5.78. The minimum Gasteiger partial charge on any atom is -0.479 e. The van der Waals surface area contributed by atoms with Crippen LogP contribution in [-0.4, -0.2) is 12.0 Å². The molecule has 17 heavy (non-hydrogen) atoms. The lowest BCUT2D eigenvalue weighted by atomic mass is 10.2. The third-order valence-electron chi connectivity index (χ3n) is 2.14. The SMILES string of the molecule is CCC(Oc1ccc(Br)cc1C#N)C(=O)NN. The van der Waals surface area contributed by atoms with Crippen LogP contribution in [0.15, 0.2) is 22.7 Å². The van der Waals surface area contributed by atoms with Crippen molar-refractivity contribution in [1.29, 1.82) is 5.26 Å². The molecule has 0 aliphatic rings. The Kier molecular flexibility index (Phi) is 4.94. The highest BCUT2D eigenvalue weighted by Gasteiger charge is 2.18. The fourth-order valence-electron chi connectivity index (χ4n) is 1.26. The molecule has 0 spiro atoms.